The fraction of sp³-hybridized carbons (Fsp3) is 0.500. The van der Waals surface area contributed by atoms with E-state index < -0.39 is 6.09 Å². The zero-order chi connectivity index (χ0) is 13.7. The number of anilines is 1. The van der Waals surface area contributed by atoms with Crippen LogP contribution in [-0.2, 0) is 6.42 Å². The van der Waals surface area contributed by atoms with Gasteiger partial charge in [0.2, 0.25) is 0 Å². The van der Waals surface area contributed by atoms with E-state index in [1.807, 2.05) is 24.3 Å². The van der Waals surface area contributed by atoms with Gasteiger partial charge in [-0.05, 0) is 37.4 Å². The lowest BCUT2D eigenvalue weighted by Crippen LogP contribution is -2.44. The minimum absolute atomic E-state index is 0.417. The van der Waals surface area contributed by atoms with Crippen molar-refractivity contribution >= 4 is 11.8 Å². The van der Waals surface area contributed by atoms with Crippen molar-refractivity contribution in [3.63, 3.8) is 0 Å². The molecule has 0 unspecified atom stereocenters. The third-order valence-corrected chi connectivity index (χ3v) is 3.65. The number of nitrogens with zero attached hydrogens (tertiary/aromatic N) is 1. The fourth-order valence-electron chi connectivity index (χ4n) is 2.45. The fourth-order valence-corrected chi connectivity index (χ4v) is 2.45. The predicted octanol–water partition coefficient (Wildman–Crippen LogP) is 1.54. The highest BCUT2D eigenvalue weighted by Gasteiger charge is 2.21. The Morgan fingerprint density at radius 1 is 1.37 bits per heavy atom. The molecule has 0 spiro atoms. The number of nitrogen functional groups attached to an aromatic ring is 1. The van der Waals surface area contributed by atoms with Gasteiger partial charge in [-0.2, -0.15) is 0 Å². The van der Waals surface area contributed by atoms with Gasteiger partial charge in [-0.3, -0.25) is 0 Å². The largest absolute Gasteiger partial charge is 0.465 e. The third kappa shape index (κ3) is 3.86. The first kappa shape index (κ1) is 13.7. The summed E-state index contributed by atoms with van der Waals surface area (Å²) >= 11 is 0. The zero-order valence-electron chi connectivity index (χ0n) is 11.0. The van der Waals surface area contributed by atoms with Gasteiger partial charge in [-0.15, -0.1) is 0 Å². The number of carbonyl (C=O) groups is 1. The number of hydrogen-bond acceptors (Lipinski definition) is 3. The SMILES string of the molecule is Nc1ccccc1CCNC1CCN(C(=O)O)CC1. The molecular formula is C14H21N3O2. The van der Waals surface area contributed by atoms with Gasteiger partial charge >= 0.3 is 6.09 Å². The summed E-state index contributed by atoms with van der Waals surface area (Å²) in [4.78, 5) is 12.3. The summed E-state index contributed by atoms with van der Waals surface area (Å²) in [5.41, 5.74) is 7.89. The Hall–Kier alpha value is -1.75. The summed E-state index contributed by atoms with van der Waals surface area (Å²) in [6.45, 7) is 2.13. The second kappa shape index (κ2) is 6.43. The van der Waals surface area contributed by atoms with Crippen LogP contribution in [-0.4, -0.2) is 41.8 Å². The molecular weight excluding hydrogens is 242 g/mol. The van der Waals surface area contributed by atoms with Gasteiger partial charge in [0.05, 0.1) is 0 Å². The molecule has 0 atom stereocenters. The molecule has 1 saturated heterocycles. The molecule has 0 aliphatic carbocycles. The van der Waals surface area contributed by atoms with Crippen molar-refractivity contribution < 1.29 is 9.90 Å². The molecule has 2 rings (SSSR count). The molecule has 0 saturated carbocycles. The Bertz CT molecular complexity index is 428. The Kier molecular flexibility index (Phi) is 4.63. The van der Waals surface area contributed by atoms with Crippen molar-refractivity contribution in [1.29, 1.82) is 0 Å². The van der Waals surface area contributed by atoms with Crippen LogP contribution in [0.15, 0.2) is 24.3 Å². The number of carboxylic acid groups (broad SMARTS) is 1. The van der Waals surface area contributed by atoms with Crippen LogP contribution in [0.2, 0.25) is 0 Å². The van der Waals surface area contributed by atoms with E-state index in [2.05, 4.69) is 5.32 Å². The molecule has 5 nitrogen and oxygen atoms in total. The van der Waals surface area contributed by atoms with Gasteiger partial charge < -0.3 is 21.1 Å². The van der Waals surface area contributed by atoms with Crippen molar-refractivity contribution in [2.75, 3.05) is 25.4 Å². The first-order chi connectivity index (χ1) is 9.16. The lowest BCUT2D eigenvalue weighted by Gasteiger charge is -2.30. The zero-order valence-corrected chi connectivity index (χ0v) is 11.0. The molecule has 1 aromatic carbocycles. The number of nitrogens with one attached hydrogen (secondary N) is 1. The minimum atomic E-state index is -0.810. The van der Waals surface area contributed by atoms with E-state index in [0.29, 0.717) is 19.1 Å². The van der Waals surface area contributed by atoms with E-state index in [9.17, 15) is 4.79 Å². The summed E-state index contributed by atoms with van der Waals surface area (Å²) < 4.78 is 0. The first-order valence-corrected chi connectivity index (χ1v) is 6.71. The third-order valence-electron chi connectivity index (χ3n) is 3.65. The second-order valence-corrected chi connectivity index (χ2v) is 4.95. The summed E-state index contributed by atoms with van der Waals surface area (Å²) in [6.07, 6.45) is 1.87. The predicted molar refractivity (Wildman–Crippen MR) is 75.2 cm³/mol. The summed E-state index contributed by atoms with van der Waals surface area (Å²) in [5.74, 6) is 0. The quantitative estimate of drug-likeness (QED) is 0.720. The molecule has 1 amide bonds. The number of piperidine rings is 1. The standard InChI is InChI=1S/C14H21N3O2/c15-13-4-2-1-3-11(13)5-8-16-12-6-9-17(10-7-12)14(18)19/h1-4,12,16H,5-10,15H2,(H,18,19). The van der Waals surface area contributed by atoms with Gasteiger partial charge in [0.1, 0.15) is 0 Å². The van der Waals surface area contributed by atoms with Crippen LogP contribution in [0.3, 0.4) is 0 Å². The molecule has 104 valence electrons. The van der Waals surface area contributed by atoms with Crippen LogP contribution < -0.4 is 11.1 Å². The second-order valence-electron chi connectivity index (χ2n) is 4.95. The van der Waals surface area contributed by atoms with E-state index in [1.54, 1.807) is 0 Å². The topological polar surface area (TPSA) is 78.6 Å². The van der Waals surface area contributed by atoms with Crippen molar-refractivity contribution in [2.45, 2.75) is 25.3 Å². The lowest BCUT2D eigenvalue weighted by molar-refractivity contribution is 0.129. The summed E-state index contributed by atoms with van der Waals surface area (Å²) in [5, 5.41) is 12.4. The molecule has 0 radical (unpaired) electrons. The van der Waals surface area contributed by atoms with Crippen LogP contribution >= 0.6 is 0 Å². The van der Waals surface area contributed by atoms with Crippen LogP contribution in [0.4, 0.5) is 10.5 Å². The molecule has 19 heavy (non-hydrogen) atoms. The Morgan fingerprint density at radius 2 is 2.05 bits per heavy atom. The van der Waals surface area contributed by atoms with Gasteiger partial charge in [-0.25, -0.2) is 4.79 Å². The summed E-state index contributed by atoms with van der Waals surface area (Å²) in [7, 11) is 0. The molecule has 1 aliphatic rings. The Balaban J connectivity index is 1.70. The number of rotatable bonds is 4. The lowest BCUT2D eigenvalue weighted by atomic mass is 10.0. The maximum absolute atomic E-state index is 10.8. The maximum Gasteiger partial charge on any atom is 0.407 e. The molecule has 0 aromatic heterocycles. The van der Waals surface area contributed by atoms with Crippen molar-refractivity contribution in [1.82, 2.24) is 10.2 Å². The average molecular weight is 263 g/mol. The number of amides is 1. The Labute approximate surface area is 113 Å². The number of likely N-dealkylation sites (tertiary alicyclic amines) is 1. The van der Waals surface area contributed by atoms with Crippen LogP contribution in [0.5, 0.6) is 0 Å². The molecule has 1 aromatic rings. The van der Waals surface area contributed by atoms with Crippen LogP contribution in [0, 0.1) is 0 Å². The van der Waals surface area contributed by atoms with Crippen LogP contribution in [0.25, 0.3) is 0 Å². The first-order valence-electron chi connectivity index (χ1n) is 6.71. The van der Waals surface area contributed by atoms with Gasteiger partial charge in [0, 0.05) is 24.8 Å². The molecule has 4 N–H and O–H groups in total. The van der Waals surface area contributed by atoms with E-state index in [0.717, 1.165) is 37.1 Å². The van der Waals surface area contributed by atoms with Gasteiger partial charge in [0.25, 0.3) is 0 Å². The maximum atomic E-state index is 10.8. The number of para-hydroxylation sites is 1. The number of benzene rings is 1. The molecule has 0 bridgehead atoms. The molecule has 1 heterocycles. The minimum Gasteiger partial charge on any atom is -0.465 e. The monoisotopic (exact) mass is 263 g/mol. The smallest absolute Gasteiger partial charge is 0.407 e. The van der Waals surface area contributed by atoms with E-state index in [-0.39, 0.29) is 0 Å². The van der Waals surface area contributed by atoms with Gasteiger partial charge in [0.15, 0.2) is 0 Å². The van der Waals surface area contributed by atoms with Gasteiger partial charge in [-0.1, -0.05) is 18.2 Å². The molecule has 5 heteroatoms. The van der Waals surface area contributed by atoms with Crippen molar-refractivity contribution in [3.05, 3.63) is 29.8 Å². The van der Waals surface area contributed by atoms with Crippen molar-refractivity contribution in [2.24, 2.45) is 0 Å². The van der Waals surface area contributed by atoms with E-state index >= 15 is 0 Å². The normalized spacial score (nSPS) is 16.5. The molecule has 1 aliphatic heterocycles. The molecule has 1 fully saturated rings. The highest BCUT2D eigenvalue weighted by Crippen LogP contribution is 2.12. The number of hydrogen-bond donors (Lipinski definition) is 3. The highest BCUT2D eigenvalue weighted by atomic mass is 16.4. The summed E-state index contributed by atoms with van der Waals surface area (Å²) in [6, 6.07) is 8.32. The van der Waals surface area contributed by atoms with E-state index in [4.69, 9.17) is 10.8 Å². The average Bonchev–Trinajstić information content (AvgIpc) is 2.41. The van der Waals surface area contributed by atoms with Crippen molar-refractivity contribution in [3.8, 4) is 0 Å². The number of nitrogens with two attached hydrogens (primary N) is 1. The van der Waals surface area contributed by atoms with Crippen LogP contribution in [0.1, 0.15) is 18.4 Å². The Morgan fingerprint density at radius 3 is 2.68 bits per heavy atom. The van der Waals surface area contributed by atoms with E-state index in [1.165, 1.54) is 4.90 Å². The highest BCUT2D eigenvalue weighted by molar-refractivity contribution is 5.65.